The molecule has 2 heterocycles. The molecule has 0 atom stereocenters. The summed E-state index contributed by atoms with van der Waals surface area (Å²) in [5.41, 5.74) is 3.04. The second kappa shape index (κ2) is 7.32. The number of anilines is 2. The number of pyridine rings is 1. The summed E-state index contributed by atoms with van der Waals surface area (Å²) in [4.78, 5) is 19.3. The molecule has 5 nitrogen and oxygen atoms in total. The highest BCUT2D eigenvalue weighted by Gasteiger charge is 2.23. The number of carbonyl (C=O) groups is 1. The zero-order chi connectivity index (χ0) is 18.8. The largest absolute Gasteiger partial charge is 0.378 e. The molecule has 3 aromatic rings. The van der Waals surface area contributed by atoms with Crippen molar-refractivity contribution in [3.05, 3.63) is 65.6 Å². The minimum atomic E-state index is -0.292. The van der Waals surface area contributed by atoms with Gasteiger partial charge in [-0.15, -0.1) is 0 Å². The van der Waals surface area contributed by atoms with Crippen LogP contribution in [0.2, 0.25) is 0 Å². The van der Waals surface area contributed by atoms with Gasteiger partial charge in [0.2, 0.25) is 0 Å². The molecular formula is C21H20FN3O2. The molecule has 1 amide bonds. The lowest BCUT2D eigenvalue weighted by molar-refractivity contribution is 0.0303. The number of rotatable bonds is 3. The smallest absolute Gasteiger partial charge is 0.257 e. The molecule has 0 saturated carbocycles. The Morgan fingerprint density at radius 2 is 1.96 bits per heavy atom. The van der Waals surface area contributed by atoms with E-state index in [2.05, 4.69) is 10.3 Å². The zero-order valence-electron chi connectivity index (χ0n) is 15.0. The van der Waals surface area contributed by atoms with Gasteiger partial charge in [-0.3, -0.25) is 9.78 Å². The summed E-state index contributed by atoms with van der Waals surface area (Å²) >= 11 is 0. The van der Waals surface area contributed by atoms with Gasteiger partial charge in [-0.1, -0.05) is 24.3 Å². The first-order chi connectivity index (χ1) is 13.1. The van der Waals surface area contributed by atoms with Gasteiger partial charge in [0.15, 0.2) is 0 Å². The number of fused-ring (bicyclic) bond motifs is 1. The summed E-state index contributed by atoms with van der Waals surface area (Å²) < 4.78 is 19.3. The van der Waals surface area contributed by atoms with E-state index in [0.29, 0.717) is 48.8 Å². The Morgan fingerprint density at radius 1 is 1.19 bits per heavy atom. The van der Waals surface area contributed by atoms with E-state index in [1.165, 1.54) is 6.07 Å². The number of para-hydroxylation sites is 1. The molecule has 4 rings (SSSR count). The second-order valence-electron chi connectivity index (χ2n) is 6.56. The van der Waals surface area contributed by atoms with Gasteiger partial charge < -0.3 is 15.0 Å². The van der Waals surface area contributed by atoms with Crippen LogP contribution in [-0.2, 0) is 4.74 Å². The maximum Gasteiger partial charge on any atom is 0.257 e. The number of nitrogens with zero attached hydrogens (tertiary/aromatic N) is 2. The van der Waals surface area contributed by atoms with Crippen LogP contribution in [-0.4, -0.2) is 42.1 Å². The first-order valence-corrected chi connectivity index (χ1v) is 8.91. The van der Waals surface area contributed by atoms with Crippen LogP contribution in [0.3, 0.4) is 0 Å². The number of aryl methyl sites for hydroxylation is 1. The van der Waals surface area contributed by atoms with Crippen molar-refractivity contribution in [1.29, 1.82) is 0 Å². The quantitative estimate of drug-likeness (QED) is 0.765. The van der Waals surface area contributed by atoms with Crippen LogP contribution in [0.4, 0.5) is 15.8 Å². The number of aromatic nitrogens is 1. The van der Waals surface area contributed by atoms with Gasteiger partial charge >= 0.3 is 0 Å². The average Bonchev–Trinajstić information content (AvgIpc) is 2.71. The van der Waals surface area contributed by atoms with Crippen molar-refractivity contribution < 1.29 is 13.9 Å². The Kier molecular flexibility index (Phi) is 4.73. The van der Waals surface area contributed by atoms with E-state index in [4.69, 9.17) is 4.74 Å². The molecular weight excluding hydrogens is 345 g/mol. The van der Waals surface area contributed by atoms with E-state index in [0.717, 1.165) is 10.9 Å². The van der Waals surface area contributed by atoms with E-state index in [1.807, 2.05) is 24.3 Å². The van der Waals surface area contributed by atoms with Gasteiger partial charge in [-0.05, 0) is 30.7 Å². The predicted molar refractivity (Wildman–Crippen MR) is 103 cm³/mol. The summed E-state index contributed by atoms with van der Waals surface area (Å²) in [6.07, 6.45) is 1.59. The number of carbonyl (C=O) groups excluding carboxylic acids is 1. The van der Waals surface area contributed by atoms with Crippen LogP contribution in [0.5, 0.6) is 0 Å². The van der Waals surface area contributed by atoms with Crippen molar-refractivity contribution in [3.8, 4) is 0 Å². The molecule has 0 unspecified atom stereocenters. The Hall–Kier alpha value is -2.99. The lowest BCUT2D eigenvalue weighted by atomic mass is 10.1. The third-order valence-electron chi connectivity index (χ3n) is 4.75. The molecule has 0 radical (unpaired) electrons. The van der Waals surface area contributed by atoms with Crippen LogP contribution in [0.15, 0.2) is 48.7 Å². The van der Waals surface area contributed by atoms with Crippen molar-refractivity contribution in [2.45, 2.75) is 6.92 Å². The Labute approximate surface area is 156 Å². The zero-order valence-corrected chi connectivity index (χ0v) is 15.0. The van der Waals surface area contributed by atoms with Crippen molar-refractivity contribution in [1.82, 2.24) is 9.88 Å². The summed E-state index contributed by atoms with van der Waals surface area (Å²) in [6.45, 7) is 3.86. The van der Waals surface area contributed by atoms with Crippen molar-refractivity contribution >= 4 is 28.2 Å². The number of nitrogens with one attached hydrogen (secondary N) is 1. The molecule has 1 aliphatic heterocycles. The third-order valence-corrected chi connectivity index (χ3v) is 4.75. The Balaban J connectivity index is 1.79. The van der Waals surface area contributed by atoms with Gasteiger partial charge in [-0.2, -0.15) is 0 Å². The first-order valence-electron chi connectivity index (χ1n) is 8.91. The number of amides is 1. The molecule has 2 aromatic carbocycles. The van der Waals surface area contributed by atoms with Crippen LogP contribution in [0, 0.1) is 12.7 Å². The Bertz CT molecular complexity index is 1000. The van der Waals surface area contributed by atoms with Crippen molar-refractivity contribution in [2.75, 3.05) is 31.6 Å². The molecule has 1 N–H and O–H groups in total. The SMILES string of the molecule is Cc1ccc(Nc2c(C(=O)N3CCOCC3)cnc3ccccc23)cc1F. The van der Waals surface area contributed by atoms with Crippen LogP contribution in [0.1, 0.15) is 15.9 Å². The van der Waals surface area contributed by atoms with E-state index in [-0.39, 0.29) is 11.7 Å². The molecule has 0 bridgehead atoms. The highest BCUT2D eigenvalue weighted by atomic mass is 19.1. The highest BCUT2D eigenvalue weighted by molar-refractivity contribution is 6.08. The normalized spacial score (nSPS) is 14.4. The maximum absolute atomic E-state index is 14.0. The summed E-state index contributed by atoms with van der Waals surface area (Å²) in [7, 11) is 0. The lowest BCUT2D eigenvalue weighted by Crippen LogP contribution is -2.41. The number of halogens is 1. The number of morpholine rings is 1. The molecule has 1 aromatic heterocycles. The maximum atomic E-state index is 14.0. The topological polar surface area (TPSA) is 54.5 Å². The number of ether oxygens (including phenoxy) is 1. The number of hydrogen-bond acceptors (Lipinski definition) is 4. The summed E-state index contributed by atoms with van der Waals surface area (Å²) in [5.74, 6) is -0.397. The fraction of sp³-hybridized carbons (Fsp3) is 0.238. The number of benzene rings is 2. The van der Waals surface area contributed by atoms with Crippen molar-refractivity contribution in [3.63, 3.8) is 0 Å². The van der Waals surface area contributed by atoms with E-state index < -0.39 is 0 Å². The van der Waals surface area contributed by atoms with Crippen LogP contribution in [0.25, 0.3) is 10.9 Å². The minimum Gasteiger partial charge on any atom is -0.378 e. The van der Waals surface area contributed by atoms with Gasteiger partial charge in [0.1, 0.15) is 5.82 Å². The fourth-order valence-electron chi connectivity index (χ4n) is 3.19. The third kappa shape index (κ3) is 3.48. The van der Waals surface area contributed by atoms with Gasteiger partial charge in [-0.25, -0.2) is 4.39 Å². The molecule has 0 spiro atoms. The van der Waals surface area contributed by atoms with Crippen molar-refractivity contribution in [2.24, 2.45) is 0 Å². The molecule has 1 fully saturated rings. The van der Waals surface area contributed by atoms with Crippen LogP contribution < -0.4 is 5.32 Å². The molecule has 1 saturated heterocycles. The molecule has 6 heteroatoms. The molecule has 0 aliphatic carbocycles. The van der Waals surface area contributed by atoms with Gasteiger partial charge in [0, 0.05) is 30.4 Å². The van der Waals surface area contributed by atoms with Gasteiger partial charge in [0.25, 0.3) is 5.91 Å². The fourth-order valence-corrected chi connectivity index (χ4v) is 3.19. The Morgan fingerprint density at radius 3 is 2.74 bits per heavy atom. The predicted octanol–water partition coefficient (Wildman–Crippen LogP) is 3.90. The standard InChI is InChI=1S/C21H20FN3O2/c1-14-6-7-15(12-18(14)22)24-20-16-4-2-3-5-19(16)23-13-17(20)21(26)25-8-10-27-11-9-25/h2-7,12-13H,8-11H2,1H3,(H,23,24). The van der Waals surface area contributed by atoms with E-state index in [9.17, 15) is 9.18 Å². The average molecular weight is 365 g/mol. The molecule has 27 heavy (non-hydrogen) atoms. The second-order valence-corrected chi connectivity index (χ2v) is 6.56. The van der Waals surface area contributed by atoms with Gasteiger partial charge in [0.05, 0.1) is 30.0 Å². The minimum absolute atomic E-state index is 0.105. The lowest BCUT2D eigenvalue weighted by Gasteiger charge is -2.28. The first kappa shape index (κ1) is 17.4. The number of hydrogen-bond donors (Lipinski definition) is 1. The van der Waals surface area contributed by atoms with Crippen LogP contribution >= 0.6 is 0 Å². The highest BCUT2D eigenvalue weighted by Crippen LogP contribution is 2.30. The molecule has 1 aliphatic rings. The summed E-state index contributed by atoms with van der Waals surface area (Å²) in [6, 6.07) is 12.5. The van der Waals surface area contributed by atoms with E-state index in [1.54, 1.807) is 30.2 Å². The summed E-state index contributed by atoms with van der Waals surface area (Å²) in [5, 5.41) is 4.06. The molecule has 138 valence electrons. The monoisotopic (exact) mass is 365 g/mol. The van der Waals surface area contributed by atoms with E-state index >= 15 is 0 Å².